The van der Waals surface area contributed by atoms with Gasteiger partial charge in [0.2, 0.25) is 5.91 Å². The molecule has 1 heterocycles. The predicted molar refractivity (Wildman–Crippen MR) is 102 cm³/mol. The third-order valence-corrected chi connectivity index (χ3v) is 4.07. The summed E-state index contributed by atoms with van der Waals surface area (Å²) in [6.45, 7) is 5.64. The summed E-state index contributed by atoms with van der Waals surface area (Å²) in [5.74, 6) is -0.0957. The van der Waals surface area contributed by atoms with Crippen LogP contribution in [0.25, 0.3) is 0 Å². The number of nitrogens with two attached hydrogens (primary N) is 1. The van der Waals surface area contributed by atoms with Gasteiger partial charge < -0.3 is 16.0 Å². The average molecular weight is 362 g/mol. The highest BCUT2D eigenvalue weighted by atomic mass is 35.5. The lowest BCUT2D eigenvalue weighted by Gasteiger charge is -2.14. The van der Waals surface area contributed by atoms with Crippen LogP contribution in [0.5, 0.6) is 0 Å². The molecule has 0 aliphatic carbocycles. The van der Waals surface area contributed by atoms with Gasteiger partial charge in [0.1, 0.15) is 0 Å². The standard InChI is InChI=1S/C17H27N3O.2ClH/c1-2-5-16(18)17(21)19-15-8-6-14(7-9-15)10-13-20-11-3-4-12-20;;/h6-9,16H,2-5,10-13,18H2,1H3,(H,19,21);2*1H. The molecule has 1 aromatic rings. The van der Waals surface area contributed by atoms with Crippen molar-refractivity contribution in [2.75, 3.05) is 25.0 Å². The summed E-state index contributed by atoms with van der Waals surface area (Å²) < 4.78 is 0. The van der Waals surface area contributed by atoms with Crippen molar-refractivity contribution in [3.05, 3.63) is 29.8 Å². The Morgan fingerprint density at radius 3 is 2.39 bits per heavy atom. The Hall–Kier alpha value is -0.810. The van der Waals surface area contributed by atoms with Crippen LogP contribution in [-0.2, 0) is 11.2 Å². The predicted octanol–water partition coefficient (Wildman–Crippen LogP) is 3.23. The molecule has 1 saturated heterocycles. The maximum atomic E-state index is 11.8. The van der Waals surface area contributed by atoms with Crippen LogP contribution in [0.3, 0.4) is 0 Å². The minimum atomic E-state index is -0.412. The summed E-state index contributed by atoms with van der Waals surface area (Å²) in [7, 11) is 0. The number of nitrogens with one attached hydrogen (secondary N) is 1. The molecule has 4 nitrogen and oxygen atoms in total. The van der Waals surface area contributed by atoms with Crippen LogP contribution in [0.2, 0.25) is 0 Å². The van der Waals surface area contributed by atoms with Gasteiger partial charge in [-0.15, -0.1) is 24.8 Å². The zero-order valence-electron chi connectivity index (χ0n) is 13.8. The number of benzene rings is 1. The summed E-state index contributed by atoms with van der Waals surface area (Å²) in [4.78, 5) is 14.4. The summed E-state index contributed by atoms with van der Waals surface area (Å²) >= 11 is 0. The Morgan fingerprint density at radius 1 is 1.22 bits per heavy atom. The number of rotatable bonds is 7. The molecule has 1 fully saturated rings. The van der Waals surface area contributed by atoms with Crippen molar-refractivity contribution in [1.29, 1.82) is 0 Å². The van der Waals surface area contributed by atoms with Crippen LogP contribution in [0, 0.1) is 0 Å². The number of anilines is 1. The Kier molecular flexibility index (Phi) is 11.3. The second-order valence-corrected chi connectivity index (χ2v) is 5.88. The molecule has 1 aliphatic rings. The topological polar surface area (TPSA) is 58.4 Å². The van der Waals surface area contributed by atoms with Crippen LogP contribution in [0.15, 0.2) is 24.3 Å². The number of hydrogen-bond donors (Lipinski definition) is 2. The first-order valence-corrected chi connectivity index (χ1v) is 8.07. The number of hydrogen-bond acceptors (Lipinski definition) is 3. The van der Waals surface area contributed by atoms with Gasteiger partial charge in [0.15, 0.2) is 0 Å². The molecule has 1 amide bonds. The highest BCUT2D eigenvalue weighted by Crippen LogP contribution is 2.13. The van der Waals surface area contributed by atoms with Crippen molar-refractivity contribution in [1.82, 2.24) is 4.90 Å². The van der Waals surface area contributed by atoms with Gasteiger partial charge in [0.05, 0.1) is 6.04 Å². The molecule has 0 bridgehead atoms. The molecule has 1 atom stereocenters. The zero-order chi connectivity index (χ0) is 15.1. The van der Waals surface area contributed by atoms with Gasteiger partial charge in [-0.05, 0) is 56.5 Å². The van der Waals surface area contributed by atoms with E-state index in [-0.39, 0.29) is 30.7 Å². The Morgan fingerprint density at radius 2 is 1.83 bits per heavy atom. The number of carbonyl (C=O) groups is 1. The second kappa shape index (κ2) is 11.7. The minimum absolute atomic E-state index is 0. The Balaban J connectivity index is 0.00000242. The zero-order valence-corrected chi connectivity index (χ0v) is 15.4. The molecule has 1 aliphatic heterocycles. The van der Waals surface area contributed by atoms with Crippen molar-refractivity contribution in [3.63, 3.8) is 0 Å². The van der Waals surface area contributed by atoms with E-state index in [2.05, 4.69) is 22.3 Å². The molecule has 1 unspecified atom stereocenters. The van der Waals surface area contributed by atoms with Gasteiger partial charge in [-0.1, -0.05) is 25.5 Å². The van der Waals surface area contributed by atoms with Gasteiger partial charge in [-0.25, -0.2) is 0 Å². The highest BCUT2D eigenvalue weighted by molar-refractivity contribution is 5.94. The van der Waals surface area contributed by atoms with Gasteiger partial charge in [-0.3, -0.25) is 4.79 Å². The number of amides is 1. The van der Waals surface area contributed by atoms with Crippen LogP contribution >= 0.6 is 24.8 Å². The maximum Gasteiger partial charge on any atom is 0.241 e. The molecule has 0 spiro atoms. The van der Waals surface area contributed by atoms with Crippen molar-refractivity contribution >= 4 is 36.4 Å². The minimum Gasteiger partial charge on any atom is -0.325 e. The molecule has 3 N–H and O–H groups in total. The van der Waals surface area contributed by atoms with Crippen molar-refractivity contribution in [2.24, 2.45) is 5.73 Å². The van der Waals surface area contributed by atoms with Gasteiger partial charge in [0.25, 0.3) is 0 Å². The largest absolute Gasteiger partial charge is 0.325 e. The molecular formula is C17H29Cl2N3O. The first kappa shape index (κ1) is 22.2. The quantitative estimate of drug-likeness (QED) is 0.783. The van der Waals surface area contributed by atoms with Crippen LogP contribution in [0.1, 0.15) is 38.2 Å². The highest BCUT2D eigenvalue weighted by Gasteiger charge is 2.13. The van der Waals surface area contributed by atoms with E-state index in [1.54, 1.807) is 0 Å². The lowest BCUT2D eigenvalue weighted by Crippen LogP contribution is -2.35. The van der Waals surface area contributed by atoms with E-state index < -0.39 is 6.04 Å². The fourth-order valence-electron chi connectivity index (χ4n) is 2.73. The van der Waals surface area contributed by atoms with Crippen LogP contribution in [0.4, 0.5) is 5.69 Å². The average Bonchev–Trinajstić information content (AvgIpc) is 3.00. The number of carbonyl (C=O) groups excluding carboxylic acids is 1. The molecule has 0 radical (unpaired) electrons. The first-order valence-electron chi connectivity index (χ1n) is 8.07. The van der Waals surface area contributed by atoms with Gasteiger partial charge >= 0.3 is 0 Å². The van der Waals surface area contributed by atoms with Gasteiger partial charge in [-0.2, -0.15) is 0 Å². The monoisotopic (exact) mass is 361 g/mol. The molecular weight excluding hydrogens is 333 g/mol. The van der Waals surface area contributed by atoms with Crippen LogP contribution in [-0.4, -0.2) is 36.5 Å². The lowest BCUT2D eigenvalue weighted by atomic mass is 10.1. The second-order valence-electron chi connectivity index (χ2n) is 5.88. The summed E-state index contributed by atoms with van der Waals surface area (Å²) in [6, 6.07) is 7.71. The smallest absolute Gasteiger partial charge is 0.241 e. The number of nitrogens with zero attached hydrogens (tertiary/aromatic N) is 1. The first-order chi connectivity index (χ1) is 10.2. The van der Waals surface area contributed by atoms with E-state index in [1.165, 1.54) is 31.5 Å². The third kappa shape index (κ3) is 7.53. The third-order valence-electron chi connectivity index (χ3n) is 4.07. The molecule has 0 saturated carbocycles. The number of likely N-dealkylation sites (tertiary alicyclic amines) is 1. The van der Waals surface area contributed by atoms with E-state index >= 15 is 0 Å². The molecule has 132 valence electrons. The lowest BCUT2D eigenvalue weighted by molar-refractivity contribution is -0.117. The fourth-order valence-corrected chi connectivity index (χ4v) is 2.73. The molecule has 0 aromatic heterocycles. The Bertz CT molecular complexity index is 448. The van der Waals surface area contributed by atoms with E-state index in [9.17, 15) is 4.79 Å². The number of halogens is 2. The van der Waals surface area contributed by atoms with Crippen molar-refractivity contribution < 1.29 is 4.79 Å². The fraction of sp³-hybridized carbons (Fsp3) is 0.588. The normalized spacial score (nSPS) is 15.4. The van der Waals surface area contributed by atoms with Crippen LogP contribution < -0.4 is 11.1 Å². The van der Waals surface area contributed by atoms with Crippen molar-refractivity contribution in [3.8, 4) is 0 Å². The van der Waals surface area contributed by atoms with E-state index in [0.717, 1.165) is 31.5 Å². The summed E-state index contributed by atoms with van der Waals surface area (Å²) in [6.07, 6.45) is 5.39. The van der Waals surface area contributed by atoms with Gasteiger partial charge in [0, 0.05) is 12.2 Å². The summed E-state index contributed by atoms with van der Waals surface area (Å²) in [5.41, 5.74) is 7.95. The van der Waals surface area contributed by atoms with E-state index in [4.69, 9.17) is 5.73 Å². The molecule has 6 heteroatoms. The van der Waals surface area contributed by atoms with E-state index in [0.29, 0.717) is 0 Å². The van der Waals surface area contributed by atoms with Crippen molar-refractivity contribution in [2.45, 2.75) is 45.1 Å². The SMILES string of the molecule is CCCC(N)C(=O)Nc1ccc(CCN2CCCC2)cc1.Cl.Cl. The summed E-state index contributed by atoms with van der Waals surface area (Å²) in [5, 5.41) is 2.88. The Labute approximate surface area is 152 Å². The molecule has 1 aromatic carbocycles. The maximum absolute atomic E-state index is 11.8. The molecule has 2 rings (SSSR count). The van der Waals surface area contributed by atoms with E-state index in [1.807, 2.05) is 19.1 Å². The molecule has 23 heavy (non-hydrogen) atoms.